The number of nitrogens with one attached hydrogen (secondary N) is 2. The highest BCUT2D eigenvalue weighted by molar-refractivity contribution is 7.98. The second kappa shape index (κ2) is 11.0. The van der Waals surface area contributed by atoms with E-state index in [1.807, 2.05) is 36.6 Å². The van der Waals surface area contributed by atoms with Gasteiger partial charge in [-0.3, -0.25) is 9.59 Å². The van der Waals surface area contributed by atoms with E-state index in [2.05, 4.69) is 17.6 Å². The maximum absolute atomic E-state index is 12.7. The van der Waals surface area contributed by atoms with Crippen molar-refractivity contribution < 1.29 is 9.59 Å². The minimum absolute atomic E-state index is 0.174. The molecule has 2 aromatic rings. The van der Waals surface area contributed by atoms with E-state index in [0.29, 0.717) is 23.6 Å². The summed E-state index contributed by atoms with van der Waals surface area (Å²) in [7, 11) is 0. The fourth-order valence-corrected chi connectivity index (χ4v) is 3.36. The average Bonchev–Trinajstić information content (AvgIpc) is 2.69. The van der Waals surface area contributed by atoms with Crippen molar-refractivity contribution in [2.45, 2.75) is 25.3 Å². The second-order valence-electron chi connectivity index (χ2n) is 6.34. The van der Waals surface area contributed by atoms with Crippen LogP contribution in [0.5, 0.6) is 0 Å². The minimum Gasteiger partial charge on any atom is -0.354 e. The number of rotatable bonds is 9. The molecule has 2 N–H and O–H groups in total. The highest BCUT2D eigenvalue weighted by Crippen LogP contribution is 2.16. The molecule has 0 spiro atoms. The molecule has 4 nitrogen and oxygen atoms in total. The van der Waals surface area contributed by atoms with Gasteiger partial charge >= 0.3 is 0 Å². The zero-order chi connectivity index (χ0) is 19.6. The van der Waals surface area contributed by atoms with Crippen LogP contribution in [0.2, 0.25) is 5.02 Å². The van der Waals surface area contributed by atoms with Gasteiger partial charge in [-0.1, -0.05) is 61.0 Å². The van der Waals surface area contributed by atoms with Gasteiger partial charge in [0.15, 0.2) is 0 Å². The zero-order valence-corrected chi connectivity index (χ0v) is 17.1. The van der Waals surface area contributed by atoms with E-state index in [9.17, 15) is 9.59 Å². The number of benzene rings is 2. The molecule has 0 aliphatic rings. The van der Waals surface area contributed by atoms with Gasteiger partial charge in [-0.05, 0) is 42.0 Å². The SMILES string of the molecule is CSCCC(NC(=O)c1ccccc1Cl)C(=O)NCC(C)c1ccccc1. The Bertz CT molecular complexity index is 755. The molecule has 0 saturated heterocycles. The summed E-state index contributed by atoms with van der Waals surface area (Å²) in [6.07, 6.45) is 2.53. The Morgan fingerprint density at radius 3 is 2.41 bits per heavy atom. The summed E-state index contributed by atoms with van der Waals surface area (Å²) in [5, 5.41) is 6.16. The van der Waals surface area contributed by atoms with E-state index in [1.54, 1.807) is 36.0 Å². The van der Waals surface area contributed by atoms with Crippen molar-refractivity contribution >= 4 is 35.2 Å². The van der Waals surface area contributed by atoms with Crippen LogP contribution in [0, 0.1) is 0 Å². The monoisotopic (exact) mass is 404 g/mol. The fourth-order valence-electron chi connectivity index (χ4n) is 2.66. The van der Waals surface area contributed by atoms with Crippen molar-refractivity contribution in [3.8, 4) is 0 Å². The van der Waals surface area contributed by atoms with E-state index < -0.39 is 6.04 Å². The van der Waals surface area contributed by atoms with Gasteiger partial charge in [0.2, 0.25) is 5.91 Å². The lowest BCUT2D eigenvalue weighted by atomic mass is 10.0. The second-order valence-corrected chi connectivity index (χ2v) is 7.74. The summed E-state index contributed by atoms with van der Waals surface area (Å²) in [5.41, 5.74) is 1.54. The van der Waals surface area contributed by atoms with Gasteiger partial charge in [0, 0.05) is 6.54 Å². The number of carbonyl (C=O) groups excluding carboxylic acids is 2. The van der Waals surface area contributed by atoms with E-state index in [-0.39, 0.29) is 17.7 Å². The third-order valence-electron chi connectivity index (χ3n) is 4.30. The van der Waals surface area contributed by atoms with Crippen molar-refractivity contribution in [2.75, 3.05) is 18.6 Å². The molecule has 0 aromatic heterocycles. The predicted octanol–water partition coefficient (Wildman–Crippen LogP) is 4.11. The number of hydrogen-bond donors (Lipinski definition) is 2. The van der Waals surface area contributed by atoms with Crippen LogP contribution < -0.4 is 10.6 Å². The van der Waals surface area contributed by atoms with Crippen molar-refractivity contribution in [3.05, 3.63) is 70.7 Å². The summed E-state index contributed by atoms with van der Waals surface area (Å²) in [6.45, 7) is 2.58. The maximum Gasteiger partial charge on any atom is 0.253 e. The summed E-state index contributed by atoms with van der Waals surface area (Å²) in [4.78, 5) is 25.2. The first-order valence-corrected chi connectivity index (χ1v) is 10.7. The Balaban J connectivity index is 1.98. The molecule has 6 heteroatoms. The van der Waals surface area contributed by atoms with E-state index in [4.69, 9.17) is 11.6 Å². The van der Waals surface area contributed by atoms with Crippen LogP contribution in [0.4, 0.5) is 0 Å². The molecule has 0 aliphatic carbocycles. The molecule has 0 saturated carbocycles. The van der Waals surface area contributed by atoms with Crippen LogP contribution in [0.3, 0.4) is 0 Å². The van der Waals surface area contributed by atoms with Crippen LogP contribution in [0.15, 0.2) is 54.6 Å². The highest BCUT2D eigenvalue weighted by atomic mass is 35.5. The van der Waals surface area contributed by atoms with Crippen LogP contribution in [0.1, 0.15) is 35.2 Å². The van der Waals surface area contributed by atoms with E-state index in [1.165, 1.54) is 5.56 Å². The Morgan fingerprint density at radius 2 is 1.74 bits per heavy atom. The van der Waals surface area contributed by atoms with Crippen LogP contribution in [0.25, 0.3) is 0 Å². The molecule has 2 aromatic carbocycles. The quantitative estimate of drug-likeness (QED) is 0.661. The highest BCUT2D eigenvalue weighted by Gasteiger charge is 2.22. The third kappa shape index (κ3) is 6.60. The summed E-state index contributed by atoms with van der Waals surface area (Å²) in [6, 6.07) is 16.3. The molecule has 2 amide bonds. The number of hydrogen-bond acceptors (Lipinski definition) is 3. The van der Waals surface area contributed by atoms with Crippen LogP contribution >= 0.6 is 23.4 Å². The Morgan fingerprint density at radius 1 is 1.07 bits per heavy atom. The van der Waals surface area contributed by atoms with Gasteiger partial charge in [-0.15, -0.1) is 0 Å². The minimum atomic E-state index is -0.593. The molecule has 2 rings (SSSR count). The molecule has 27 heavy (non-hydrogen) atoms. The molecular weight excluding hydrogens is 380 g/mol. The van der Waals surface area contributed by atoms with Crippen molar-refractivity contribution in [1.29, 1.82) is 0 Å². The van der Waals surface area contributed by atoms with Gasteiger partial charge in [-0.2, -0.15) is 11.8 Å². The number of carbonyl (C=O) groups is 2. The lowest BCUT2D eigenvalue weighted by Gasteiger charge is -2.20. The lowest BCUT2D eigenvalue weighted by molar-refractivity contribution is -0.123. The topological polar surface area (TPSA) is 58.2 Å². The summed E-state index contributed by atoms with van der Waals surface area (Å²) in [5.74, 6) is 0.454. The fraction of sp³-hybridized carbons (Fsp3) is 0.333. The molecule has 0 bridgehead atoms. The zero-order valence-electron chi connectivity index (χ0n) is 15.6. The number of amides is 2. The van der Waals surface area contributed by atoms with Gasteiger partial charge in [0.25, 0.3) is 5.91 Å². The lowest BCUT2D eigenvalue weighted by Crippen LogP contribution is -2.47. The number of thioether (sulfide) groups is 1. The van der Waals surface area contributed by atoms with Gasteiger partial charge in [0.1, 0.15) is 6.04 Å². The van der Waals surface area contributed by atoms with Crippen LogP contribution in [-0.4, -0.2) is 36.4 Å². The average molecular weight is 405 g/mol. The van der Waals surface area contributed by atoms with Crippen molar-refractivity contribution in [1.82, 2.24) is 10.6 Å². The molecule has 0 heterocycles. The Kier molecular flexibility index (Phi) is 8.69. The van der Waals surface area contributed by atoms with Gasteiger partial charge < -0.3 is 10.6 Å². The third-order valence-corrected chi connectivity index (χ3v) is 5.28. The predicted molar refractivity (Wildman–Crippen MR) is 114 cm³/mol. The maximum atomic E-state index is 12.7. The molecule has 0 aliphatic heterocycles. The largest absolute Gasteiger partial charge is 0.354 e. The molecule has 0 radical (unpaired) electrons. The summed E-state index contributed by atoms with van der Waals surface area (Å²) >= 11 is 7.73. The molecule has 2 unspecified atom stereocenters. The van der Waals surface area contributed by atoms with E-state index >= 15 is 0 Å². The smallest absolute Gasteiger partial charge is 0.253 e. The van der Waals surface area contributed by atoms with Crippen molar-refractivity contribution in [3.63, 3.8) is 0 Å². The first kappa shape index (κ1) is 21.3. The summed E-state index contributed by atoms with van der Waals surface area (Å²) < 4.78 is 0. The Hall–Kier alpha value is -1.98. The Labute approximate surface area is 170 Å². The van der Waals surface area contributed by atoms with Crippen molar-refractivity contribution in [2.24, 2.45) is 0 Å². The standard InChI is InChI=1S/C21H25ClN2O2S/c1-15(16-8-4-3-5-9-16)14-23-21(26)19(12-13-27-2)24-20(25)17-10-6-7-11-18(17)22/h3-11,15,19H,12-14H2,1-2H3,(H,23,26)(H,24,25). The molecule has 144 valence electrons. The first-order chi connectivity index (χ1) is 13.0. The van der Waals surface area contributed by atoms with Gasteiger partial charge in [-0.25, -0.2) is 0 Å². The molecular formula is C21H25ClN2O2S. The van der Waals surface area contributed by atoms with Gasteiger partial charge in [0.05, 0.1) is 10.6 Å². The first-order valence-electron chi connectivity index (χ1n) is 8.90. The van der Waals surface area contributed by atoms with E-state index in [0.717, 1.165) is 5.75 Å². The molecule has 0 fully saturated rings. The molecule has 2 atom stereocenters. The normalized spacial score (nSPS) is 12.9. The van der Waals surface area contributed by atoms with Crippen LogP contribution in [-0.2, 0) is 4.79 Å². The number of halogens is 1.